The summed E-state index contributed by atoms with van der Waals surface area (Å²) in [7, 11) is 2.02. The van der Waals surface area contributed by atoms with E-state index in [9.17, 15) is 9.90 Å². The molecule has 0 aromatic heterocycles. The number of hydrogen-bond acceptors (Lipinski definition) is 2. The second-order valence-corrected chi connectivity index (χ2v) is 6.17. The second kappa shape index (κ2) is 4.12. The third kappa shape index (κ3) is 3.20. The average molecular weight is 213 g/mol. The Labute approximate surface area is 92.5 Å². The first-order valence-electron chi connectivity index (χ1n) is 5.67. The van der Waals surface area contributed by atoms with E-state index >= 15 is 0 Å². The predicted octanol–water partition coefficient (Wildman–Crippen LogP) is 2.22. The Bertz CT molecular complexity index is 238. The van der Waals surface area contributed by atoms with Gasteiger partial charge in [0.05, 0.1) is 5.41 Å². The number of aliphatic carboxylic acids is 1. The normalized spacial score (nSPS) is 20.1. The Morgan fingerprint density at radius 2 is 1.93 bits per heavy atom. The lowest BCUT2D eigenvalue weighted by Crippen LogP contribution is -2.48. The minimum absolute atomic E-state index is 0.234. The maximum absolute atomic E-state index is 11.2. The smallest absolute Gasteiger partial charge is 0.310 e. The van der Waals surface area contributed by atoms with Gasteiger partial charge < -0.3 is 10.0 Å². The van der Waals surface area contributed by atoms with E-state index in [1.165, 1.54) is 0 Å². The standard InChI is InChI=1S/C12H23NO2/c1-11(2,3)8-13(4)9-12(10(14)15)6-5-7-12/h5-9H2,1-4H3,(H,14,15). The molecule has 1 aliphatic carbocycles. The summed E-state index contributed by atoms with van der Waals surface area (Å²) >= 11 is 0. The van der Waals surface area contributed by atoms with Crippen molar-refractivity contribution in [2.24, 2.45) is 10.8 Å². The Kier molecular flexibility index (Phi) is 3.44. The molecule has 0 aromatic carbocycles. The van der Waals surface area contributed by atoms with E-state index in [-0.39, 0.29) is 5.41 Å². The minimum atomic E-state index is -0.616. The van der Waals surface area contributed by atoms with Crippen LogP contribution in [0.2, 0.25) is 0 Å². The molecule has 3 nitrogen and oxygen atoms in total. The van der Waals surface area contributed by atoms with Crippen LogP contribution in [-0.4, -0.2) is 36.1 Å². The van der Waals surface area contributed by atoms with Crippen LogP contribution < -0.4 is 0 Å². The summed E-state index contributed by atoms with van der Waals surface area (Å²) in [4.78, 5) is 13.3. The van der Waals surface area contributed by atoms with E-state index in [0.29, 0.717) is 6.54 Å². The molecule has 0 bridgehead atoms. The lowest BCUT2D eigenvalue weighted by Gasteiger charge is -2.41. The molecule has 0 amide bonds. The summed E-state index contributed by atoms with van der Waals surface area (Å²) in [6, 6.07) is 0. The van der Waals surface area contributed by atoms with Crippen molar-refractivity contribution in [3.05, 3.63) is 0 Å². The highest BCUT2D eigenvalue weighted by Gasteiger charge is 2.45. The fourth-order valence-electron chi connectivity index (χ4n) is 2.43. The van der Waals surface area contributed by atoms with Crippen molar-refractivity contribution in [1.82, 2.24) is 4.90 Å². The molecule has 1 fully saturated rings. The fourth-order valence-corrected chi connectivity index (χ4v) is 2.43. The average Bonchev–Trinajstić information content (AvgIpc) is 1.92. The van der Waals surface area contributed by atoms with Crippen molar-refractivity contribution in [3.8, 4) is 0 Å². The maximum Gasteiger partial charge on any atom is 0.310 e. The summed E-state index contributed by atoms with van der Waals surface area (Å²) in [6.07, 6.45) is 2.75. The summed E-state index contributed by atoms with van der Waals surface area (Å²) in [6.45, 7) is 8.18. The van der Waals surface area contributed by atoms with Gasteiger partial charge in [0.25, 0.3) is 0 Å². The van der Waals surface area contributed by atoms with E-state index in [0.717, 1.165) is 25.8 Å². The third-order valence-corrected chi connectivity index (χ3v) is 3.08. The van der Waals surface area contributed by atoms with E-state index in [1.807, 2.05) is 7.05 Å². The first-order chi connectivity index (χ1) is 6.75. The van der Waals surface area contributed by atoms with Crippen molar-refractivity contribution >= 4 is 5.97 Å². The minimum Gasteiger partial charge on any atom is -0.481 e. The summed E-state index contributed by atoms with van der Waals surface area (Å²) in [5.74, 6) is -0.616. The van der Waals surface area contributed by atoms with Crippen LogP contribution in [0.3, 0.4) is 0 Å². The SMILES string of the molecule is CN(CC(C)(C)C)CC1(C(=O)O)CCC1. The molecule has 1 N–H and O–H groups in total. The molecule has 15 heavy (non-hydrogen) atoms. The number of carboxylic acids is 1. The quantitative estimate of drug-likeness (QED) is 0.778. The van der Waals surface area contributed by atoms with E-state index in [2.05, 4.69) is 25.7 Å². The molecule has 0 aromatic rings. The van der Waals surface area contributed by atoms with Gasteiger partial charge in [0.15, 0.2) is 0 Å². The third-order valence-electron chi connectivity index (χ3n) is 3.08. The molecular formula is C12H23NO2. The van der Waals surface area contributed by atoms with Gasteiger partial charge in [-0.15, -0.1) is 0 Å². The lowest BCUT2D eigenvalue weighted by atomic mass is 9.68. The molecular weight excluding hydrogens is 190 g/mol. The molecule has 1 aliphatic rings. The van der Waals surface area contributed by atoms with E-state index < -0.39 is 11.4 Å². The summed E-state index contributed by atoms with van der Waals surface area (Å²) < 4.78 is 0. The van der Waals surface area contributed by atoms with Crippen LogP contribution in [0.25, 0.3) is 0 Å². The van der Waals surface area contributed by atoms with Crippen molar-refractivity contribution in [2.45, 2.75) is 40.0 Å². The summed E-state index contributed by atoms with van der Waals surface area (Å²) in [5.41, 5.74) is -0.210. The Hall–Kier alpha value is -0.570. The molecule has 3 heteroatoms. The number of rotatable bonds is 4. The van der Waals surface area contributed by atoms with Gasteiger partial charge in [0, 0.05) is 13.1 Å². The van der Waals surface area contributed by atoms with Crippen LogP contribution in [0.15, 0.2) is 0 Å². The van der Waals surface area contributed by atoms with Gasteiger partial charge in [-0.05, 0) is 25.3 Å². The van der Waals surface area contributed by atoms with Gasteiger partial charge in [0.2, 0.25) is 0 Å². The van der Waals surface area contributed by atoms with Crippen molar-refractivity contribution < 1.29 is 9.90 Å². The first-order valence-corrected chi connectivity index (χ1v) is 5.67. The molecule has 0 heterocycles. The summed E-state index contributed by atoms with van der Waals surface area (Å²) in [5, 5.41) is 9.20. The molecule has 0 saturated heterocycles. The molecule has 1 rings (SSSR count). The molecule has 0 spiro atoms. The highest BCUT2D eigenvalue weighted by atomic mass is 16.4. The van der Waals surface area contributed by atoms with Crippen LogP contribution in [0.4, 0.5) is 0 Å². The van der Waals surface area contributed by atoms with Gasteiger partial charge in [-0.25, -0.2) is 0 Å². The molecule has 0 aliphatic heterocycles. The topological polar surface area (TPSA) is 40.5 Å². The number of carbonyl (C=O) groups is 1. The highest BCUT2D eigenvalue weighted by molar-refractivity contribution is 5.76. The lowest BCUT2D eigenvalue weighted by molar-refractivity contribution is -0.156. The van der Waals surface area contributed by atoms with E-state index in [1.54, 1.807) is 0 Å². The monoisotopic (exact) mass is 213 g/mol. The van der Waals surface area contributed by atoms with Crippen LogP contribution >= 0.6 is 0 Å². The van der Waals surface area contributed by atoms with Crippen molar-refractivity contribution in [3.63, 3.8) is 0 Å². The van der Waals surface area contributed by atoms with Gasteiger partial charge >= 0.3 is 5.97 Å². The molecule has 0 atom stereocenters. The van der Waals surface area contributed by atoms with Gasteiger partial charge in [0.1, 0.15) is 0 Å². The molecule has 0 radical (unpaired) electrons. The Morgan fingerprint density at radius 3 is 2.20 bits per heavy atom. The van der Waals surface area contributed by atoms with Crippen LogP contribution in [0.1, 0.15) is 40.0 Å². The van der Waals surface area contributed by atoms with Crippen LogP contribution in [0.5, 0.6) is 0 Å². The zero-order valence-corrected chi connectivity index (χ0v) is 10.3. The van der Waals surface area contributed by atoms with Crippen LogP contribution in [-0.2, 0) is 4.79 Å². The first kappa shape index (κ1) is 12.5. The van der Waals surface area contributed by atoms with Crippen molar-refractivity contribution in [2.75, 3.05) is 20.1 Å². The molecule has 0 unspecified atom stereocenters. The van der Waals surface area contributed by atoms with E-state index in [4.69, 9.17) is 0 Å². The highest BCUT2D eigenvalue weighted by Crippen LogP contribution is 2.41. The zero-order chi connectivity index (χ0) is 11.7. The zero-order valence-electron chi connectivity index (χ0n) is 10.3. The largest absolute Gasteiger partial charge is 0.481 e. The van der Waals surface area contributed by atoms with Gasteiger partial charge in [-0.2, -0.15) is 0 Å². The Morgan fingerprint density at radius 1 is 1.40 bits per heavy atom. The number of carboxylic acid groups (broad SMARTS) is 1. The van der Waals surface area contributed by atoms with Gasteiger partial charge in [-0.3, -0.25) is 4.79 Å². The van der Waals surface area contributed by atoms with Crippen LogP contribution in [0, 0.1) is 10.8 Å². The fraction of sp³-hybridized carbons (Fsp3) is 0.917. The number of nitrogens with zero attached hydrogens (tertiary/aromatic N) is 1. The number of hydrogen-bond donors (Lipinski definition) is 1. The molecule has 1 saturated carbocycles. The van der Waals surface area contributed by atoms with Crippen molar-refractivity contribution in [1.29, 1.82) is 0 Å². The Balaban J connectivity index is 2.49. The molecule has 88 valence electrons. The second-order valence-electron chi connectivity index (χ2n) is 6.17. The van der Waals surface area contributed by atoms with Gasteiger partial charge in [-0.1, -0.05) is 27.2 Å². The predicted molar refractivity (Wildman–Crippen MR) is 60.9 cm³/mol. The maximum atomic E-state index is 11.2.